The molecule has 6 nitrogen and oxygen atoms in total. The zero-order valence-electron chi connectivity index (χ0n) is 21.9. The van der Waals surface area contributed by atoms with Gasteiger partial charge in [-0.1, -0.05) is 30.3 Å². The van der Waals surface area contributed by atoms with Crippen molar-refractivity contribution in [2.45, 2.75) is 62.2 Å². The first-order valence-electron chi connectivity index (χ1n) is 13.7. The number of carbonyl (C=O) groups excluding carboxylic acids is 1. The van der Waals surface area contributed by atoms with Crippen LogP contribution in [-0.4, -0.2) is 60.9 Å². The van der Waals surface area contributed by atoms with E-state index < -0.39 is 5.60 Å². The molecular formula is C31H36N2O4. The molecule has 3 saturated carbocycles. The summed E-state index contributed by atoms with van der Waals surface area (Å²) in [6.07, 6.45) is 8.34. The zero-order valence-corrected chi connectivity index (χ0v) is 21.9. The number of ether oxygens (including phenoxy) is 2. The zero-order chi connectivity index (χ0) is 25.6. The van der Waals surface area contributed by atoms with Crippen LogP contribution in [0, 0.1) is 18.3 Å². The number of aromatic hydroxyl groups is 1. The number of phenolic OH excluding ortho intramolecular Hbond substituents is 1. The largest absolute Gasteiger partial charge is 0.504 e. The van der Waals surface area contributed by atoms with E-state index in [1.54, 1.807) is 12.1 Å². The first kappa shape index (κ1) is 23.3. The van der Waals surface area contributed by atoms with Crippen LogP contribution in [0.2, 0.25) is 0 Å². The fourth-order valence-corrected chi connectivity index (χ4v) is 9.29. The van der Waals surface area contributed by atoms with Crippen LogP contribution < -0.4 is 10.1 Å². The van der Waals surface area contributed by atoms with E-state index in [2.05, 4.69) is 36.3 Å². The van der Waals surface area contributed by atoms with Crippen molar-refractivity contribution in [3.8, 4) is 11.5 Å². The van der Waals surface area contributed by atoms with Crippen molar-refractivity contribution in [3.63, 3.8) is 0 Å². The molecule has 4 fully saturated rings. The summed E-state index contributed by atoms with van der Waals surface area (Å²) in [5.41, 5.74) is 4.17. The van der Waals surface area contributed by atoms with Crippen LogP contribution in [0.5, 0.6) is 11.5 Å². The maximum absolute atomic E-state index is 12.9. The summed E-state index contributed by atoms with van der Waals surface area (Å²) >= 11 is 0. The number of rotatable bonds is 5. The highest BCUT2D eigenvalue weighted by Crippen LogP contribution is 2.76. The van der Waals surface area contributed by atoms with Crippen molar-refractivity contribution in [1.29, 1.82) is 0 Å². The minimum Gasteiger partial charge on any atom is -0.504 e. The number of piperidine rings is 1. The minimum atomic E-state index is -0.505. The van der Waals surface area contributed by atoms with Crippen LogP contribution in [-0.2, 0) is 21.4 Å². The average Bonchev–Trinajstić information content (AvgIpc) is 3.28. The lowest BCUT2D eigenvalue weighted by atomic mass is 9.35. The fraction of sp³-hybridized carbons (Fsp3) is 0.516. The van der Waals surface area contributed by atoms with Crippen molar-refractivity contribution in [1.82, 2.24) is 10.2 Å². The van der Waals surface area contributed by atoms with Gasteiger partial charge in [0.2, 0.25) is 5.91 Å². The number of aryl methyl sites for hydroxylation is 1. The molecule has 1 amide bonds. The molecule has 0 aromatic heterocycles. The Morgan fingerprint density at radius 1 is 1.24 bits per heavy atom. The first-order valence-corrected chi connectivity index (χ1v) is 13.7. The van der Waals surface area contributed by atoms with Gasteiger partial charge >= 0.3 is 0 Å². The molecule has 194 valence electrons. The maximum Gasteiger partial charge on any atom is 0.244 e. The fourth-order valence-electron chi connectivity index (χ4n) is 9.29. The Hall–Kier alpha value is -2.83. The summed E-state index contributed by atoms with van der Waals surface area (Å²) in [7, 11) is 4.08. The Balaban J connectivity index is 1.24. The number of nitrogens with one attached hydrogen (secondary N) is 1. The predicted molar refractivity (Wildman–Crippen MR) is 142 cm³/mol. The molecule has 8 rings (SSSR count). The molecule has 1 saturated heterocycles. The average molecular weight is 501 g/mol. The van der Waals surface area contributed by atoms with Gasteiger partial charge in [0.05, 0.1) is 0 Å². The molecule has 0 unspecified atom stereocenters. The number of methoxy groups -OCH3 is 1. The van der Waals surface area contributed by atoms with Gasteiger partial charge in [-0.15, -0.1) is 0 Å². The van der Waals surface area contributed by atoms with Gasteiger partial charge in [-0.2, -0.15) is 0 Å². The molecule has 2 spiro atoms. The third kappa shape index (κ3) is 2.81. The summed E-state index contributed by atoms with van der Waals surface area (Å²) in [4.78, 5) is 15.5. The normalized spacial score (nSPS) is 36.9. The monoisotopic (exact) mass is 500 g/mol. The molecule has 6 atom stereocenters. The van der Waals surface area contributed by atoms with Gasteiger partial charge in [-0.3, -0.25) is 4.79 Å². The molecule has 4 bridgehead atoms. The second-order valence-corrected chi connectivity index (χ2v) is 12.0. The predicted octanol–water partition coefficient (Wildman–Crippen LogP) is 3.97. The summed E-state index contributed by atoms with van der Waals surface area (Å²) in [6, 6.07) is 12.4. The molecular weight excluding hydrogens is 464 g/mol. The summed E-state index contributed by atoms with van der Waals surface area (Å²) in [6.45, 7) is 3.62. The number of hydrogen-bond donors (Lipinski definition) is 2. The smallest absolute Gasteiger partial charge is 0.244 e. The molecule has 2 aromatic carbocycles. The van der Waals surface area contributed by atoms with Crippen LogP contribution in [0.4, 0.5) is 0 Å². The van der Waals surface area contributed by atoms with Crippen molar-refractivity contribution < 1.29 is 19.4 Å². The molecule has 37 heavy (non-hydrogen) atoms. The summed E-state index contributed by atoms with van der Waals surface area (Å²) < 4.78 is 13.3. The van der Waals surface area contributed by atoms with E-state index in [4.69, 9.17) is 9.47 Å². The number of hydrogen-bond acceptors (Lipinski definition) is 5. The Bertz CT molecular complexity index is 1320. The van der Waals surface area contributed by atoms with Crippen LogP contribution in [0.1, 0.15) is 47.9 Å². The highest BCUT2D eigenvalue weighted by molar-refractivity contribution is 5.91. The Morgan fingerprint density at radius 3 is 2.89 bits per heavy atom. The second kappa shape index (κ2) is 7.84. The number of amides is 1. The van der Waals surface area contributed by atoms with E-state index >= 15 is 0 Å². The molecule has 2 heterocycles. The van der Waals surface area contributed by atoms with Gasteiger partial charge in [-0.05, 0) is 81.5 Å². The lowest BCUT2D eigenvalue weighted by molar-refractivity contribution is -0.274. The van der Waals surface area contributed by atoms with Gasteiger partial charge in [0, 0.05) is 48.1 Å². The van der Waals surface area contributed by atoms with Crippen LogP contribution in [0.15, 0.2) is 42.5 Å². The van der Waals surface area contributed by atoms with Gasteiger partial charge in [0.25, 0.3) is 0 Å². The summed E-state index contributed by atoms with van der Waals surface area (Å²) in [5, 5.41) is 14.1. The van der Waals surface area contributed by atoms with Gasteiger partial charge < -0.3 is 24.8 Å². The third-order valence-electron chi connectivity index (χ3n) is 10.9. The maximum atomic E-state index is 12.9. The quantitative estimate of drug-likeness (QED) is 0.608. The molecule has 6 heteroatoms. The van der Waals surface area contributed by atoms with Crippen LogP contribution in [0.3, 0.4) is 0 Å². The Morgan fingerprint density at radius 2 is 2.08 bits per heavy atom. The SMILES string of the molecule is CO[C@@]12CC[C@@]3(C[C@@H]1CNC(=O)/C=C/c1ccccc1C)[C@H]1Cc4ccc(O)c5c4[C@@]3(CCN1C)[C@H]2O5. The van der Waals surface area contributed by atoms with Crippen LogP contribution in [0.25, 0.3) is 6.08 Å². The first-order chi connectivity index (χ1) is 17.9. The van der Waals surface area contributed by atoms with Gasteiger partial charge in [0.1, 0.15) is 11.7 Å². The Labute approximate surface area is 218 Å². The number of benzene rings is 2. The van der Waals surface area contributed by atoms with E-state index in [1.165, 1.54) is 11.1 Å². The van der Waals surface area contributed by atoms with Crippen LogP contribution >= 0.6 is 0 Å². The molecule has 6 aliphatic rings. The van der Waals surface area contributed by atoms with E-state index in [-0.39, 0.29) is 34.5 Å². The molecule has 4 aliphatic carbocycles. The van der Waals surface area contributed by atoms with E-state index in [0.717, 1.165) is 49.8 Å². The number of carbonyl (C=O) groups is 1. The Kier molecular flexibility index (Phi) is 4.94. The number of nitrogens with zero attached hydrogens (tertiary/aromatic N) is 1. The second-order valence-electron chi connectivity index (χ2n) is 12.0. The minimum absolute atomic E-state index is 0.0450. The van der Waals surface area contributed by atoms with E-state index in [0.29, 0.717) is 18.3 Å². The van der Waals surface area contributed by atoms with Gasteiger partial charge in [-0.25, -0.2) is 0 Å². The number of likely N-dealkylation sites (tertiary alicyclic amines) is 1. The highest BCUT2D eigenvalue weighted by atomic mass is 16.6. The molecule has 0 radical (unpaired) electrons. The van der Waals surface area contributed by atoms with Crippen molar-refractivity contribution in [3.05, 3.63) is 64.7 Å². The standard InChI is InChI=1S/C31H36N2O4/c1-19-6-4-5-7-20(19)9-11-25(35)32-18-22-17-29-12-13-31(22,36-3)28-30(29)14-15-33(2)24(29)16-21-8-10-23(34)27(37-28)26(21)30/h4-11,22,24,28,34H,12-18H2,1-3H3,(H,32,35)/b11-9+/t22-,24-,28-,29-,30+,31+/m1/s1. The number of phenols is 1. The number of fused-ring (bicyclic) bond motifs is 2. The van der Waals surface area contributed by atoms with E-state index in [9.17, 15) is 9.90 Å². The lowest BCUT2D eigenvalue weighted by Gasteiger charge is -2.73. The van der Waals surface area contributed by atoms with Crippen molar-refractivity contribution in [2.24, 2.45) is 11.3 Å². The number of likely N-dealkylation sites (N-methyl/N-ethyl adjacent to an activating group) is 1. The van der Waals surface area contributed by atoms with Crippen molar-refractivity contribution >= 4 is 12.0 Å². The van der Waals surface area contributed by atoms with E-state index in [1.807, 2.05) is 31.4 Å². The molecule has 2 aromatic rings. The lowest BCUT2D eigenvalue weighted by Crippen LogP contribution is -2.81. The highest BCUT2D eigenvalue weighted by Gasteiger charge is 2.80. The third-order valence-corrected chi connectivity index (χ3v) is 10.9. The van der Waals surface area contributed by atoms with Gasteiger partial charge in [0.15, 0.2) is 11.5 Å². The summed E-state index contributed by atoms with van der Waals surface area (Å²) in [5.74, 6) is 0.975. The topological polar surface area (TPSA) is 71.0 Å². The molecule has 2 aliphatic heterocycles. The molecule has 2 N–H and O–H groups in total. The van der Waals surface area contributed by atoms with Crippen molar-refractivity contribution in [2.75, 3.05) is 27.2 Å².